The lowest BCUT2D eigenvalue weighted by molar-refractivity contribution is 0.345. The number of hydrogen-bond acceptors (Lipinski definition) is 6. The molecular formula is C13H12N2O3S2. The predicted octanol–water partition coefficient (Wildman–Crippen LogP) is 2.64. The Morgan fingerprint density at radius 2 is 2.00 bits per heavy atom. The quantitative estimate of drug-likeness (QED) is 0.685. The van der Waals surface area contributed by atoms with E-state index in [1.165, 1.54) is 18.0 Å². The van der Waals surface area contributed by atoms with Crippen molar-refractivity contribution >= 4 is 38.7 Å². The largest absolute Gasteiger partial charge is 0.325 e. The zero-order valence-electron chi connectivity index (χ0n) is 10.6. The van der Waals surface area contributed by atoms with Crippen molar-refractivity contribution < 1.29 is 12.7 Å². The zero-order chi connectivity index (χ0) is 14.6. The first-order valence-electron chi connectivity index (χ1n) is 5.62. The summed E-state index contributed by atoms with van der Waals surface area (Å²) in [4.78, 5) is 0.821. The van der Waals surface area contributed by atoms with Crippen LogP contribution in [0.15, 0.2) is 52.5 Å². The van der Waals surface area contributed by atoms with Gasteiger partial charge in [0.25, 0.3) is 0 Å². The molecule has 7 heteroatoms. The summed E-state index contributed by atoms with van der Waals surface area (Å²) in [6.07, 6.45) is 5.63. The summed E-state index contributed by atoms with van der Waals surface area (Å²) in [5.41, 5.74) is 1.66. The predicted molar refractivity (Wildman–Crippen MR) is 82.2 cm³/mol. The number of rotatable bonds is 4. The van der Waals surface area contributed by atoms with Crippen molar-refractivity contribution in [3.63, 3.8) is 0 Å². The molecule has 0 radical (unpaired) electrons. The van der Waals surface area contributed by atoms with E-state index in [1.807, 2.05) is 30.3 Å². The summed E-state index contributed by atoms with van der Waals surface area (Å²) >= 11 is 1.26. The van der Waals surface area contributed by atoms with Crippen LogP contribution in [0, 0.1) is 5.41 Å². The Morgan fingerprint density at radius 1 is 1.30 bits per heavy atom. The van der Waals surface area contributed by atoms with Gasteiger partial charge in [0.15, 0.2) is 0 Å². The van der Waals surface area contributed by atoms with E-state index in [2.05, 4.69) is 9.44 Å². The van der Waals surface area contributed by atoms with Gasteiger partial charge in [-0.15, -0.1) is 0 Å². The van der Waals surface area contributed by atoms with E-state index in [-0.39, 0.29) is 0 Å². The van der Waals surface area contributed by atoms with Gasteiger partial charge in [0, 0.05) is 16.7 Å². The first-order valence-corrected chi connectivity index (χ1v) is 8.25. The fourth-order valence-electron chi connectivity index (χ4n) is 1.54. The maximum atomic E-state index is 10.9. The Kier molecular flexibility index (Phi) is 4.41. The lowest BCUT2D eigenvalue weighted by atomic mass is 10.1. The molecule has 104 valence electrons. The highest BCUT2D eigenvalue weighted by Gasteiger charge is 2.15. The van der Waals surface area contributed by atoms with Crippen molar-refractivity contribution in [3.05, 3.63) is 53.0 Å². The normalized spacial score (nSPS) is 19.1. The molecule has 0 fully saturated rings. The van der Waals surface area contributed by atoms with Crippen molar-refractivity contribution in [2.75, 3.05) is 6.26 Å². The van der Waals surface area contributed by atoms with E-state index in [0.29, 0.717) is 5.04 Å². The molecule has 0 spiro atoms. The molecule has 0 saturated carbocycles. The molecule has 0 aliphatic carbocycles. The van der Waals surface area contributed by atoms with Crippen LogP contribution in [-0.2, 0) is 14.4 Å². The van der Waals surface area contributed by atoms with Crippen LogP contribution in [0.5, 0.6) is 0 Å². The fraction of sp³-hybridized carbons (Fsp3) is 0.0769. The molecule has 1 aliphatic heterocycles. The molecule has 1 aliphatic rings. The van der Waals surface area contributed by atoms with Crippen LogP contribution in [0.3, 0.4) is 0 Å². The maximum Gasteiger partial charge on any atom is 0.325 e. The number of oxime groups is 1. The van der Waals surface area contributed by atoms with E-state index in [4.69, 9.17) is 5.41 Å². The molecule has 0 aromatic heterocycles. The van der Waals surface area contributed by atoms with E-state index < -0.39 is 10.1 Å². The molecule has 5 nitrogen and oxygen atoms in total. The molecule has 2 rings (SSSR count). The van der Waals surface area contributed by atoms with Gasteiger partial charge in [-0.25, -0.2) is 0 Å². The minimum Gasteiger partial charge on any atom is -0.308 e. The van der Waals surface area contributed by atoms with E-state index in [9.17, 15) is 8.42 Å². The minimum atomic E-state index is -3.60. The van der Waals surface area contributed by atoms with Gasteiger partial charge >= 0.3 is 10.1 Å². The molecule has 1 heterocycles. The number of nitrogens with one attached hydrogen (secondary N) is 1. The van der Waals surface area contributed by atoms with E-state index >= 15 is 0 Å². The Labute approximate surface area is 121 Å². The molecule has 1 N–H and O–H groups in total. The molecule has 1 aromatic carbocycles. The lowest BCUT2D eigenvalue weighted by Crippen LogP contribution is -1.98. The van der Waals surface area contributed by atoms with Crippen LogP contribution in [0.1, 0.15) is 5.56 Å². The first kappa shape index (κ1) is 14.5. The molecule has 0 saturated heterocycles. The van der Waals surface area contributed by atoms with E-state index in [1.54, 1.807) is 12.2 Å². The summed E-state index contributed by atoms with van der Waals surface area (Å²) in [7, 11) is -3.60. The second-order valence-corrected chi connectivity index (χ2v) is 6.55. The Hall–Kier alpha value is -1.86. The van der Waals surface area contributed by atoms with Crippen LogP contribution < -0.4 is 0 Å². The summed E-state index contributed by atoms with van der Waals surface area (Å²) in [5.74, 6) is 0. The molecule has 0 amide bonds. The van der Waals surface area contributed by atoms with Gasteiger partial charge in [-0.1, -0.05) is 47.2 Å². The Bertz CT molecular complexity index is 704. The smallest absolute Gasteiger partial charge is 0.308 e. The summed E-state index contributed by atoms with van der Waals surface area (Å²) in [5, 5.41) is 11.5. The molecule has 1 aromatic rings. The van der Waals surface area contributed by atoms with E-state index in [0.717, 1.165) is 22.3 Å². The number of nitrogens with zero attached hydrogens (tertiary/aromatic N) is 1. The van der Waals surface area contributed by atoms with Crippen LogP contribution in [0.4, 0.5) is 0 Å². The van der Waals surface area contributed by atoms with Crippen molar-refractivity contribution in [2.45, 2.75) is 0 Å². The third kappa shape index (κ3) is 3.82. The van der Waals surface area contributed by atoms with Crippen LogP contribution in [-0.4, -0.2) is 25.9 Å². The average Bonchev–Trinajstić information content (AvgIpc) is 2.87. The van der Waals surface area contributed by atoms with Gasteiger partial charge in [0.2, 0.25) is 0 Å². The molecule has 20 heavy (non-hydrogen) atoms. The lowest BCUT2D eigenvalue weighted by Gasteiger charge is -2.04. The van der Waals surface area contributed by atoms with Crippen LogP contribution in [0.25, 0.3) is 5.57 Å². The van der Waals surface area contributed by atoms with Gasteiger partial charge in [0.1, 0.15) is 5.04 Å². The first-order chi connectivity index (χ1) is 9.49. The van der Waals surface area contributed by atoms with Crippen LogP contribution >= 0.6 is 11.8 Å². The standard InChI is InChI=1S/C13H12N2O3S2/c1-20(16,17)18-15-13-8-7-12(19-13)11(9-14)10-5-3-2-4-6-10/h2-9,14H,1H3/b12-11+,14-9?,15-13+. The molecule has 0 atom stereocenters. The SMILES string of the molecule is CS(=O)(=O)O/N=C1C=C/C(=C(/C=N)c2ccccc2)S\1. The summed E-state index contributed by atoms with van der Waals surface area (Å²) in [6, 6.07) is 9.50. The topological polar surface area (TPSA) is 79.6 Å². The zero-order valence-corrected chi connectivity index (χ0v) is 12.2. The number of allylic oxidation sites excluding steroid dienone is 2. The number of benzene rings is 1. The fourth-order valence-corrected chi connectivity index (χ4v) is 2.66. The summed E-state index contributed by atoms with van der Waals surface area (Å²) < 4.78 is 26.1. The van der Waals surface area contributed by atoms with Crippen molar-refractivity contribution in [1.82, 2.24) is 0 Å². The Balaban J connectivity index is 2.25. The Morgan fingerprint density at radius 3 is 2.60 bits per heavy atom. The average molecular weight is 308 g/mol. The van der Waals surface area contributed by atoms with Gasteiger partial charge in [-0.2, -0.15) is 8.42 Å². The third-order valence-electron chi connectivity index (χ3n) is 2.35. The second kappa shape index (κ2) is 6.06. The maximum absolute atomic E-state index is 10.9. The van der Waals surface area contributed by atoms with Gasteiger partial charge in [-0.3, -0.25) is 4.28 Å². The third-order valence-corrected chi connectivity index (χ3v) is 3.69. The summed E-state index contributed by atoms with van der Waals surface area (Å²) in [6.45, 7) is 0. The number of hydrogen-bond donors (Lipinski definition) is 1. The molecule has 0 unspecified atom stereocenters. The van der Waals surface area contributed by atoms with Gasteiger partial charge < -0.3 is 5.41 Å². The van der Waals surface area contributed by atoms with Crippen molar-refractivity contribution in [1.29, 1.82) is 5.41 Å². The van der Waals surface area contributed by atoms with Crippen molar-refractivity contribution in [2.24, 2.45) is 5.16 Å². The van der Waals surface area contributed by atoms with Gasteiger partial charge in [-0.05, 0) is 17.7 Å². The minimum absolute atomic E-state index is 0.431. The highest BCUT2D eigenvalue weighted by Crippen LogP contribution is 2.33. The number of thioether (sulfide) groups is 1. The van der Waals surface area contributed by atoms with Gasteiger partial charge in [0.05, 0.1) is 6.26 Å². The monoisotopic (exact) mass is 308 g/mol. The molecular weight excluding hydrogens is 296 g/mol. The van der Waals surface area contributed by atoms with Crippen molar-refractivity contribution in [3.8, 4) is 0 Å². The highest BCUT2D eigenvalue weighted by molar-refractivity contribution is 8.18. The van der Waals surface area contributed by atoms with Crippen LogP contribution in [0.2, 0.25) is 0 Å². The highest BCUT2D eigenvalue weighted by atomic mass is 32.2. The molecule has 0 bridgehead atoms. The second-order valence-electron chi connectivity index (χ2n) is 3.93.